The quantitative estimate of drug-likeness (QED) is 0.467. The van der Waals surface area contributed by atoms with Crippen molar-refractivity contribution in [2.24, 2.45) is 10.9 Å². The number of carbonyl (C=O) groups excluding carboxylic acids is 1. The van der Waals surface area contributed by atoms with Crippen molar-refractivity contribution < 1.29 is 4.79 Å². The van der Waals surface area contributed by atoms with Crippen molar-refractivity contribution in [3.63, 3.8) is 0 Å². The van der Waals surface area contributed by atoms with Crippen molar-refractivity contribution in [2.75, 3.05) is 46.8 Å². The summed E-state index contributed by atoms with van der Waals surface area (Å²) in [5.74, 6) is 1.50. The first-order chi connectivity index (χ1) is 14.9. The molecule has 1 heterocycles. The molecule has 1 fully saturated rings. The number of guanidine groups is 1. The molecule has 2 N–H and O–H groups in total. The topological polar surface area (TPSA) is 60.0 Å². The first-order valence-corrected chi connectivity index (χ1v) is 12.0. The lowest BCUT2D eigenvalue weighted by Crippen LogP contribution is -2.44. The number of aliphatic imine (C=N–C) groups is 1. The predicted octanol–water partition coefficient (Wildman–Crippen LogP) is 3.39. The Kier molecular flexibility index (Phi) is 10.9. The normalized spacial score (nSPS) is 16.6. The summed E-state index contributed by atoms with van der Waals surface area (Å²) < 4.78 is 0. The molecule has 31 heavy (non-hydrogen) atoms. The number of likely N-dealkylation sites (tertiary alicyclic amines) is 1. The molecular formula is C25H43N5O. The Balaban J connectivity index is 1.94. The van der Waals surface area contributed by atoms with E-state index in [1.54, 1.807) is 19.0 Å². The van der Waals surface area contributed by atoms with E-state index in [-0.39, 0.29) is 5.91 Å². The molecule has 0 saturated carbocycles. The van der Waals surface area contributed by atoms with Gasteiger partial charge in [0.1, 0.15) is 0 Å². The number of benzene rings is 1. The summed E-state index contributed by atoms with van der Waals surface area (Å²) in [6, 6.07) is 8.39. The molecule has 0 spiro atoms. The molecule has 0 aliphatic carbocycles. The number of hydrogen-bond donors (Lipinski definition) is 2. The smallest absolute Gasteiger partial charge is 0.253 e. The van der Waals surface area contributed by atoms with Gasteiger partial charge in [-0.3, -0.25) is 14.7 Å². The summed E-state index contributed by atoms with van der Waals surface area (Å²) in [7, 11) is 3.57. The minimum Gasteiger partial charge on any atom is -0.357 e. The highest BCUT2D eigenvalue weighted by Gasteiger charge is 2.22. The second-order valence-corrected chi connectivity index (χ2v) is 9.06. The molecule has 6 nitrogen and oxygen atoms in total. The largest absolute Gasteiger partial charge is 0.357 e. The maximum Gasteiger partial charge on any atom is 0.253 e. The lowest BCUT2D eigenvalue weighted by atomic mass is 10.0. The molecule has 6 heteroatoms. The van der Waals surface area contributed by atoms with Crippen LogP contribution in [0.25, 0.3) is 0 Å². The Bertz CT molecular complexity index is 693. The van der Waals surface area contributed by atoms with Crippen LogP contribution in [0.15, 0.2) is 29.3 Å². The van der Waals surface area contributed by atoms with E-state index in [0.29, 0.717) is 12.0 Å². The van der Waals surface area contributed by atoms with Gasteiger partial charge in [0.05, 0.1) is 6.54 Å². The molecule has 1 unspecified atom stereocenters. The molecule has 1 amide bonds. The molecule has 1 aliphatic heterocycles. The third-order valence-corrected chi connectivity index (χ3v) is 5.95. The number of amides is 1. The van der Waals surface area contributed by atoms with Crippen molar-refractivity contribution in [1.82, 2.24) is 20.4 Å². The van der Waals surface area contributed by atoms with Crippen molar-refractivity contribution in [2.45, 2.75) is 58.9 Å². The van der Waals surface area contributed by atoms with Crippen LogP contribution in [0.4, 0.5) is 0 Å². The van der Waals surface area contributed by atoms with Gasteiger partial charge in [-0.15, -0.1) is 0 Å². The van der Waals surface area contributed by atoms with Crippen LogP contribution >= 0.6 is 0 Å². The Hall–Kier alpha value is -2.08. The summed E-state index contributed by atoms with van der Waals surface area (Å²) in [5.41, 5.74) is 1.89. The van der Waals surface area contributed by atoms with E-state index in [1.165, 1.54) is 38.8 Å². The Morgan fingerprint density at radius 2 is 1.84 bits per heavy atom. The third kappa shape index (κ3) is 8.52. The van der Waals surface area contributed by atoms with Gasteiger partial charge < -0.3 is 15.5 Å². The lowest BCUT2D eigenvalue weighted by Gasteiger charge is -2.32. The number of rotatable bonds is 9. The van der Waals surface area contributed by atoms with Gasteiger partial charge in [0, 0.05) is 38.8 Å². The molecule has 174 valence electrons. The van der Waals surface area contributed by atoms with Gasteiger partial charge in [-0.25, -0.2) is 0 Å². The maximum absolute atomic E-state index is 12.2. The van der Waals surface area contributed by atoms with Gasteiger partial charge in [-0.1, -0.05) is 38.8 Å². The third-order valence-electron chi connectivity index (χ3n) is 5.95. The first kappa shape index (κ1) is 25.2. The molecular weight excluding hydrogens is 386 g/mol. The highest BCUT2D eigenvalue weighted by Crippen LogP contribution is 2.17. The van der Waals surface area contributed by atoms with E-state index in [1.807, 2.05) is 18.2 Å². The molecule has 1 aromatic carbocycles. The van der Waals surface area contributed by atoms with E-state index in [2.05, 4.69) is 42.4 Å². The fourth-order valence-electron chi connectivity index (χ4n) is 4.14. The van der Waals surface area contributed by atoms with E-state index in [0.717, 1.165) is 43.1 Å². The number of hydrogen-bond acceptors (Lipinski definition) is 3. The number of nitrogens with zero attached hydrogens (tertiary/aromatic N) is 3. The van der Waals surface area contributed by atoms with Gasteiger partial charge in [-0.05, 0) is 62.9 Å². The van der Waals surface area contributed by atoms with Gasteiger partial charge in [0.25, 0.3) is 5.91 Å². The highest BCUT2D eigenvalue weighted by atomic mass is 16.2. The standard InChI is InChI=1S/C25H43N5O/c1-6-26-25(28-19-23(20(2)3)30-16-9-7-8-10-17-30)27-15-14-21-12-11-13-22(18-21)24(31)29(4)5/h11-13,18,20,23H,6-10,14-17,19H2,1-5H3,(H2,26,27,28). The molecule has 2 rings (SSSR count). The Morgan fingerprint density at radius 3 is 2.45 bits per heavy atom. The van der Waals surface area contributed by atoms with Crippen molar-refractivity contribution in [1.29, 1.82) is 0 Å². The second-order valence-electron chi connectivity index (χ2n) is 9.06. The molecule has 1 saturated heterocycles. The molecule has 0 aromatic heterocycles. The minimum absolute atomic E-state index is 0.0398. The van der Waals surface area contributed by atoms with E-state index in [4.69, 9.17) is 4.99 Å². The summed E-state index contributed by atoms with van der Waals surface area (Å²) >= 11 is 0. The highest BCUT2D eigenvalue weighted by molar-refractivity contribution is 5.94. The van der Waals surface area contributed by atoms with Crippen LogP contribution in [0.3, 0.4) is 0 Å². The SMILES string of the molecule is CCNC(=NCC(C(C)C)N1CCCCCC1)NCCc1cccc(C(=O)N(C)C)c1. The monoisotopic (exact) mass is 429 g/mol. The zero-order chi connectivity index (χ0) is 22.6. The molecule has 1 aromatic rings. The van der Waals surface area contributed by atoms with E-state index < -0.39 is 0 Å². The zero-order valence-corrected chi connectivity index (χ0v) is 20.3. The summed E-state index contributed by atoms with van der Waals surface area (Å²) in [4.78, 5) is 21.4. The van der Waals surface area contributed by atoms with Crippen LogP contribution in [0.2, 0.25) is 0 Å². The molecule has 0 radical (unpaired) electrons. The van der Waals surface area contributed by atoms with Crippen molar-refractivity contribution in [3.05, 3.63) is 35.4 Å². The van der Waals surface area contributed by atoms with Crippen molar-refractivity contribution in [3.8, 4) is 0 Å². The average Bonchev–Trinajstić information content (AvgIpc) is 3.02. The Labute approximate surface area is 189 Å². The van der Waals surface area contributed by atoms with Gasteiger partial charge in [0.15, 0.2) is 5.96 Å². The van der Waals surface area contributed by atoms with Gasteiger partial charge in [0.2, 0.25) is 0 Å². The Morgan fingerprint density at radius 1 is 1.13 bits per heavy atom. The summed E-state index contributed by atoms with van der Waals surface area (Å²) in [6.45, 7) is 11.6. The minimum atomic E-state index is 0.0398. The number of nitrogens with one attached hydrogen (secondary N) is 2. The number of carbonyl (C=O) groups is 1. The average molecular weight is 430 g/mol. The van der Waals surface area contributed by atoms with Crippen LogP contribution in [0.5, 0.6) is 0 Å². The van der Waals surface area contributed by atoms with Crippen LogP contribution in [0, 0.1) is 5.92 Å². The molecule has 1 atom stereocenters. The summed E-state index contributed by atoms with van der Waals surface area (Å²) in [5, 5.41) is 6.86. The molecule has 1 aliphatic rings. The van der Waals surface area contributed by atoms with E-state index in [9.17, 15) is 4.79 Å². The van der Waals surface area contributed by atoms with Crippen LogP contribution in [-0.2, 0) is 6.42 Å². The maximum atomic E-state index is 12.2. The first-order valence-electron chi connectivity index (χ1n) is 12.0. The van der Waals surface area contributed by atoms with Crippen molar-refractivity contribution >= 4 is 11.9 Å². The second kappa shape index (κ2) is 13.4. The van der Waals surface area contributed by atoms with Crippen LogP contribution in [0.1, 0.15) is 62.4 Å². The molecule has 0 bridgehead atoms. The van der Waals surface area contributed by atoms with E-state index >= 15 is 0 Å². The predicted molar refractivity (Wildman–Crippen MR) is 131 cm³/mol. The lowest BCUT2D eigenvalue weighted by molar-refractivity contribution is 0.0827. The zero-order valence-electron chi connectivity index (χ0n) is 20.3. The summed E-state index contributed by atoms with van der Waals surface area (Å²) in [6.07, 6.45) is 6.17. The van der Waals surface area contributed by atoms with Crippen LogP contribution < -0.4 is 10.6 Å². The fraction of sp³-hybridized carbons (Fsp3) is 0.680. The fourth-order valence-corrected chi connectivity index (χ4v) is 4.14. The van der Waals surface area contributed by atoms with Crippen LogP contribution in [-0.4, -0.2) is 74.5 Å². The van der Waals surface area contributed by atoms with Gasteiger partial charge >= 0.3 is 0 Å². The van der Waals surface area contributed by atoms with Gasteiger partial charge in [-0.2, -0.15) is 0 Å².